The molecule has 188 valence electrons. The van der Waals surface area contributed by atoms with Crippen LogP contribution in [0.4, 0.5) is 0 Å². The molecule has 8 nitrogen and oxygen atoms in total. The molecule has 36 heavy (non-hydrogen) atoms. The predicted molar refractivity (Wildman–Crippen MR) is 138 cm³/mol. The van der Waals surface area contributed by atoms with Gasteiger partial charge in [-0.2, -0.15) is 5.10 Å². The maximum absolute atomic E-state index is 12.7. The molecule has 1 heterocycles. The molecule has 0 aliphatic heterocycles. The number of benzene rings is 2. The Morgan fingerprint density at radius 1 is 1.06 bits per heavy atom. The smallest absolute Gasteiger partial charge is 0.338 e. The average Bonchev–Trinajstić information content (AvgIpc) is 3.34. The standard InChI is InChI=1S/C27H28ClN3O5/c1-4-15-35-27(34)22-8-6-5-7-21(22)23-14-13-20(36-23)16-29-31-26(33)24(17(2)3)30-25(32)18-9-11-19(28)12-10-18/h5-14,16-17,24H,4,15H2,1-3H3,(H,30,32)(H,31,33). The number of esters is 1. The van der Waals surface area contributed by atoms with Gasteiger partial charge in [-0.05, 0) is 54.8 Å². The van der Waals surface area contributed by atoms with Crippen molar-refractivity contribution < 1.29 is 23.5 Å². The van der Waals surface area contributed by atoms with Crippen molar-refractivity contribution in [1.29, 1.82) is 0 Å². The molecule has 0 aliphatic rings. The van der Waals surface area contributed by atoms with Gasteiger partial charge in [0, 0.05) is 16.1 Å². The van der Waals surface area contributed by atoms with Gasteiger partial charge < -0.3 is 14.5 Å². The lowest BCUT2D eigenvalue weighted by Gasteiger charge is -2.20. The first-order valence-electron chi connectivity index (χ1n) is 11.6. The molecular formula is C27H28ClN3O5. The summed E-state index contributed by atoms with van der Waals surface area (Å²) >= 11 is 5.87. The molecule has 3 aromatic rings. The van der Waals surface area contributed by atoms with Gasteiger partial charge >= 0.3 is 5.97 Å². The van der Waals surface area contributed by atoms with Crippen molar-refractivity contribution in [2.75, 3.05) is 6.61 Å². The fourth-order valence-corrected chi connectivity index (χ4v) is 3.43. The van der Waals surface area contributed by atoms with Crippen molar-refractivity contribution in [3.63, 3.8) is 0 Å². The van der Waals surface area contributed by atoms with Gasteiger partial charge in [0.1, 0.15) is 17.6 Å². The molecule has 0 radical (unpaired) electrons. The van der Waals surface area contributed by atoms with Crippen LogP contribution in [0.25, 0.3) is 11.3 Å². The largest absolute Gasteiger partial charge is 0.462 e. The molecule has 1 unspecified atom stereocenters. The zero-order valence-corrected chi connectivity index (χ0v) is 21.0. The minimum atomic E-state index is -0.807. The normalized spacial score (nSPS) is 11.9. The van der Waals surface area contributed by atoms with Crippen molar-refractivity contribution in [3.8, 4) is 11.3 Å². The van der Waals surface area contributed by atoms with Crippen LogP contribution in [-0.4, -0.2) is 36.6 Å². The summed E-state index contributed by atoms with van der Waals surface area (Å²) in [5, 5.41) is 7.20. The second kappa shape index (κ2) is 12.7. The van der Waals surface area contributed by atoms with E-state index in [1.54, 1.807) is 60.7 Å². The summed E-state index contributed by atoms with van der Waals surface area (Å²) in [5.41, 5.74) is 3.82. The average molecular weight is 510 g/mol. The third-order valence-corrected chi connectivity index (χ3v) is 5.44. The van der Waals surface area contributed by atoms with E-state index in [-0.39, 0.29) is 5.92 Å². The van der Waals surface area contributed by atoms with E-state index in [9.17, 15) is 14.4 Å². The van der Waals surface area contributed by atoms with Crippen LogP contribution in [-0.2, 0) is 9.53 Å². The van der Waals surface area contributed by atoms with Crippen LogP contribution in [0.1, 0.15) is 53.7 Å². The van der Waals surface area contributed by atoms with Gasteiger partial charge in [-0.25, -0.2) is 10.2 Å². The Morgan fingerprint density at radius 3 is 2.47 bits per heavy atom. The number of ether oxygens (including phenoxy) is 1. The van der Waals surface area contributed by atoms with Crippen molar-refractivity contribution in [3.05, 3.63) is 82.6 Å². The second-order valence-corrected chi connectivity index (χ2v) is 8.76. The number of carbonyl (C=O) groups is 3. The van der Waals surface area contributed by atoms with Crippen LogP contribution in [0.2, 0.25) is 5.02 Å². The number of carbonyl (C=O) groups excluding carboxylic acids is 3. The van der Waals surface area contributed by atoms with Gasteiger partial charge in [-0.15, -0.1) is 0 Å². The second-order valence-electron chi connectivity index (χ2n) is 8.32. The third kappa shape index (κ3) is 7.05. The molecule has 0 fully saturated rings. The molecule has 0 aliphatic carbocycles. The Labute approximate surface area is 214 Å². The van der Waals surface area contributed by atoms with E-state index in [0.717, 1.165) is 6.42 Å². The van der Waals surface area contributed by atoms with Crippen LogP contribution in [0.3, 0.4) is 0 Å². The van der Waals surface area contributed by atoms with Gasteiger partial charge in [0.25, 0.3) is 11.8 Å². The highest BCUT2D eigenvalue weighted by Crippen LogP contribution is 2.26. The summed E-state index contributed by atoms with van der Waals surface area (Å²) in [6.07, 6.45) is 2.07. The third-order valence-electron chi connectivity index (χ3n) is 5.19. The first kappa shape index (κ1) is 26.7. The number of rotatable bonds is 10. The molecule has 0 bridgehead atoms. The first-order chi connectivity index (χ1) is 17.3. The van der Waals surface area contributed by atoms with Crippen LogP contribution in [0.5, 0.6) is 0 Å². The highest BCUT2D eigenvalue weighted by atomic mass is 35.5. The van der Waals surface area contributed by atoms with Crippen LogP contribution in [0, 0.1) is 5.92 Å². The molecule has 2 N–H and O–H groups in total. The summed E-state index contributed by atoms with van der Waals surface area (Å²) < 4.78 is 11.0. The highest BCUT2D eigenvalue weighted by Gasteiger charge is 2.24. The summed E-state index contributed by atoms with van der Waals surface area (Å²) in [6.45, 7) is 5.89. The van der Waals surface area contributed by atoms with E-state index in [0.29, 0.717) is 39.8 Å². The zero-order valence-electron chi connectivity index (χ0n) is 20.3. The molecular weight excluding hydrogens is 482 g/mol. The predicted octanol–water partition coefficient (Wildman–Crippen LogP) is 5.07. The number of hydrogen-bond donors (Lipinski definition) is 2. The first-order valence-corrected chi connectivity index (χ1v) is 11.9. The van der Waals surface area contributed by atoms with Crippen LogP contribution < -0.4 is 10.7 Å². The van der Waals surface area contributed by atoms with Crippen molar-refractivity contribution in [1.82, 2.24) is 10.7 Å². The number of nitrogens with one attached hydrogen (secondary N) is 2. The van der Waals surface area contributed by atoms with Gasteiger partial charge in [0.15, 0.2) is 0 Å². The fraction of sp³-hybridized carbons (Fsp3) is 0.259. The maximum Gasteiger partial charge on any atom is 0.338 e. The molecule has 0 saturated carbocycles. The zero-order chi connectivity index (χ0) is 26.1. The molecule has 1 atom stereocenters. The Balaban J connectivity index is 1.65. The van der Waals surface area contributed by atoms with Gasteiger partial charge in [-0.1, -0.05) is 50.6 Å². The van der Waals surface area contributed by atoms with E-state index in [1.165, 1.54) is 6.21 Å². The molecule has 0 spiro atoms. The van der Waals surface area contributed by atoms with Crippen molar-refractivity contribution in [2.24, 2.45) is 11.0 Å². The molecule has 2 aromatic carbocycles. The summed E-state index contributed by atoms with van der Waals surface area (Å²) in [5.74, 6) is -0.645. The lowest BCUT2D eigenvalue weighted by Crippen LogP contribution is -2.48. The number of amides is 2. The number of furan rings is 1. The van der Waals surface area contributed by atoms with E-state index >= 15 is 0 Å². The quantitative estimate of drug-likeness (QED) is 0.225. The van der Waals surface area contributed by atoms with Crippen molar-refractivity contribution >= 4 is 35.6 Å². The van der Waals surface area contributed by atoms with E-state index in [1.807, 2.05) is 20.8 Å². The Kier molecular flexibility index (Phi) is 9.41. The van der Waals surface area contributed by atoms with Gasteiger partial charge in [0.05, 0.1) is 18.4 Å². The van der Waals surface area contributed by atoms with E-state index in [4.69, 9.17) is 20.8 Å². The number of hydrogen-bond acceptors (Lipinski definition) is 6. The van der Waals surface area contributed by atoms with Crippen LogP contribution in [0.15, 0.2) is 70.2 Å². The summed E-state index contributed by atoms with van der Waals surface area (Å²) in [7, 11) is 0. The monoisotopic (exact) mass is 509 g/mol. The Hall–Kier alpha value is -3.91. The van der Waals surface area contributed by atoms with E-state index < -0.39 is 23.8 Å². The summed E-state index contributed by atoms with van der Waals surface area (Å²) in [4.78, 5) is 37.6. The lowest BCUT2D eigenvalue weighted by molar-refractivity contribution is -0.123. The highest BCUT2D eigenvalue weighted by molar-refractivity contribution is 6.30. The van der Waals surface area contributed by atoms with Crippen LogP contribution >= 0.6 is 11.6 Å². The number of nitrogens with zero attached hydrogens (tertiary/aromatic N) is 1. The molecule has 9 heteroatoms. The number of hydrazone groups is 1. The molecule has 1 aromatic heterocycles. The molecule has 2 amide bonds. The summed E-state index contributed by atoms with van der Waals surface area (Å²) in [6, 6.07) is 15.9. The minimum absolute atomic E-state index is 0.185. The SMILES string of the molecule is CCCOC(=O)c1ccccc1-c1ccc(C=NNC(=O)C(NC(=O)c2ccc(Cl)cc2)C(C)C)o1. The number of halogens is 1. The Bertz CT molecular complexity index is 1230. The Morgan fingerprint density at radius 2 is 1.78 bits per heavy atom. The van der Waals surface area contributed by atoms with Gasteiger partial charge in [0.2, 0.25) is 0 Å². The minimum Gasteiger partial charge on any atom is -0.462 e. The topological polar surface area (TPSA) is 110 Å². The van der Waals surface area contributed by atoms with Crippen molar-refractivity contribution in [2.45, 2.75) is 33.2 Å². The van der Waals surface area contributed by atoms with Gasteiger partial charge in [-0.3, -0.25) is 9.59 Å². The molecule has 0 saturated heterocycles. The fourth-order valence-electron chi connectivity index (χ4n) is 3.31. The molecule has 3 rings (SSSR count). The maximum atomic E-state index is 12.7. The lowest BCUT2D eigenvalue weighted by atomic mass is 10.0. The van der Waals surface area contributed by atoms with E-state index in [2.05, 4.69) is 15.8 Å².